The molecule has 0 aliphatic carbocycles. The maximum Gasteiger partial charge on any atom is 0.252 e. The third-order valence-electron chi connectivity index (χ3n) is 4.06. The van der Waals surface area contributed by atoms with E-state index in [1.54, 1.807) is 11.8 Å². The van der Waals surface area contributed by atoms with Crippen LogP contribution in [-0.2, 0) is 5.75 Å². The van der Waals surface area contributed by atoms with Crippen molar-refractivity contribution in [1.29, 1.82) is 0 Å². The summed E-state index contributed by atoms with van der Waals surface area (Å²) in [6.45, 7) is 6.07. The highest BCUT2D eigenvalue weighted by Crippen LogP contribution is 2.22. The number of nitrogens with one attached hydrogen (secondary N) is 2. The number of nitrogens with two attached hydrogens (primary N) is 1. The molecule has 0 amide bonds. The molecule has 3 aromatic rings. The average Bonchev–Trinajstić information content (AvgIpc) is 2.63. The average molecular weight is 394 g/mol. The van der Waals surface area contributed by atoms with Gasteiger partial charge in [-0.3, -0.25) is 9.78 Å². The Kier molecular flexibility index (Phi) is 6.16. The monoisotopic (exact) mass is 393 g/mol. The van der Waals surface area contributed by atoms with Crippen LogP contribution in [0.1, 0.15) is 22.4 Å². The summed E-state index contributed by atoms with van der Waals surface area (Å²) in [7, 11) is 0. The van der Waals surface area contributed by atoms with Crippen LogP contribution in [0.3, 0.4) is 0 Å². The van der Waals surface area contributed by atoms with Crippen LogP contribution >= 0.6 is 11.8 Å². The molecule has 3 rings (SSSR count). The first-order valence-electron chi connectivity index (χ1n) is 8.87. The van der Waals surface area contributed by atoms with Crippen LogP contribution in [0.5, 0.6) is 0 Å². The lowest BCUT2D eigenvalue weighted by atomic mass is 10.1. The van der Waals surface area contributed by atoms with Gasteiger partial charge in [-0.05, 0) is 44.5 Å². The SMILES string of the molecule is Cc1ccc(SCc2cc(=O)[nH]c(/N=C(\N)Nc3ccc(C)cc3C)n2)cc1. The van der Waals surface area contributed by atoms with E-state index in [1.807, 2.05) is 32.9 Å². The summed E-state index contributed by atoms with van der Waals surface area (Å²) in [5.74, 6) is 0.917. The van der Waals surface area contributed by atoms with E-state index >= 15 is 0 Å². The number of aryl methyl sites for hydroxylation is 3. The van der Waals surface area contributed by atoms with Gasteiger partial charge >= 0.3 is 0 Å². The molecule has 0 unspecified atom stereocenters. The molecule has 0 aliphatic heterocycles. The second-order valence-corrected chi connectivity index (χ2v) is 7.65. The molecule has 0 atom stereocenters. The fourth-order valence-electron chi connectivity index (χ4n) is 2.65. The van der Waals surface area contributed by atoms with Gasteiger partial charge in [0.15, 0.2) is 0 Å². The van der Waals surface area contributed by atoms with Crippen molar-refractivity contribution in [2.75, 3.05) is 5.32 Å². The molecule has 0 saturated carbocycles. The lowest BCUT2D eigenvalue weighted by Gasteiger charge is -2.09. The number of aliphatic imine (C=N–C) groups is 1. The molecule has 4 N–H and O–H groups in total. The molecule has 0 spiro atoms. The first-order valence-corrected chi connectivity index (χ1v) is 9.86. The van der Waals surface area contributed by atoms with Gasteiger partial charge in [-0.2, -0.15) is 4.99 Å². The maximum atomic E-state index is 12.0. The molecular weight excluding hydrogens is 370 g/mol. The van der Waals surface area contributed by atoms with E-state index < -0.39 is 0 Å². The maximum absolute atomic E-state index is 12.0. The van der Waals surface area contributed by atoms with Crippen LogP contribution < -0.4 is 16.6 Å². The summed E-state index contributed by atoms with van der Waals surface area (Å²) in [5, 5.41) is 3.05. The predicted molar refractivity (Wildman–Crippen MR) is 116 cm³/mol. The van der Waals surface area contributed by atoms with Gasteiger partial charge in [0.2, 0.25) is 11.9 Å². The minimum Gasteiger partial charge on any atom is -0.369 e. The van der Waals surface area contributed by atoms with Crippen molar-refractivity contribution < 1.29 is 0 Å². The van der Waals surface area contributed by atoms with E-state index in [0.717, 1.165) is 16.1 Å². The lowest BCUT2D eigenvalue weighted by Crippen LogP contribution is -2.23. The number of aromatic amines is 1. The number of anilines is 1. The second-order valence-electron chi connectivity index (χ2n) is 6.60. The van der Waals surface area contributed by atoms with Crippen LogP contribution in [-0.4, -0.2) is 15.9 Å². The third-order valence-corrected chi connectivity index (χ3v) is 5.11. The molecule has 0 bridgehead atoms. The molecule has 1 heterocycles. The van der Waals surface area contributed by atoms with E-state index in [0.29, 0.717) is 11.4 Å². The summed E-state index contributed by atoms with van der Waals surface area (Å²) in [6.07, 6.45) is 0. The molecular formula is C21H23N5OS. The van der Waals surface area contributed by atoms with Crippen LogP contribution in [0.2, 0.25) is 0 Å². The van der Waals surface area contributed by atoms with Gasteiger partial charge in [0.25, 0.3) is 5.56 Å². The topological polar surface area (TPSA) is 96.2 Å². The molecule has 28 heavy (non-hydrogen) atoms. The summed E-state index contributed by atoms with van der Waals surface area (Å²) in [4.78, 5) is 24.3. The van der Waals surface area contributed by atoms with Gasteiger partial charge in [-0.1, -0.05) is 35.4 Å². The van der Waals surface area contributed by atoms with Gasteiger partial charge in [0.05, 0.1) is 5.69 Å². The van der Waals surface area contributed by atoms with E-state index in [-0.39, 0.29) is 17.5 Å². The Morgan fingerprint density at radius 1 is 1.11 bits per heavy atom. The number of H-pyrrole nitrogens is 1. The highest BCUT2D eigenvalue weighted by atomic mass is 32.2. The van der Waals surface area contributed by atoms with Crippen LogP contribution in [0.25, 0.3) is 0 Å². The first kappa shape index (κ1) is 19.7. The van der Waals surface area contributed by atoms with Gasteiger partial charge < -0.3 is 11.1 Å². The number of benzene rings is 2. The molecule has 0 fully saturated rings. The van der Waals surface area contributed by atoms with E-state index in [9.17, 15) is 4.79 Å². The Morgan fingerprint density at radius 3 is 2.54 bits per heavy atom. The normalized spacial score (nSPS) is 11.5. The molecule has 0 radical (unpaired) electrons. The number of aromatic nitrogens is 2. The zero-order valence-corrected chi connectivity index (χ0v) is 16.9. The molecule has 7 heteroatoms. The van der Waals surface area contributed by atoms with Crippen molar-refractivity contribution >= 4 is 29.4 Å². The van der Waals surface area contributed by atoms with Crippen molar-refractivity contribution in [1.82, 2.24) is 9.97 Å². The predicted octanol–water partition coefficient (Wildman–Crippen LogP) is 4.05. The summed E-state index contributed by atoms with van der Waals surface area (Å²) in [5.41, 5.74) is 10.7. The first-order chi connectivity index (χ1) is 13.4. The van der Waals surface area contributed by atoms with Crippen molar-refractivity contribution in [2.45, 2.75) is 31.4 Å². The zero-order chi connectivity index (χ0) is 20.1. The standard InChI is InChI=1S/C21H23N5OS/c1-13-4-7-17(8-5-13)28-12-16-11-19(27)25-21(23-16)26-20(22)24-18-9-6-14(2)10-15(18)3/h4-11H,12H2,1-3H3,(H4,22,23,24,25,26,27). The Balaban J connectivity index is 1.73. The van der Waals surface area contributed by atoms with Crippen molar-refractivity contribution in [3.8, 4) is 0 Å². The van der Waals surface area contributed by atoms with Gasteiger partial charge in [-0.25, -0.2) is 4.98 Å². The summed E-state index contributed by atoms with van der Waals surface area (Å²) < 4.78 is 0. The molecule has 0 saturated heterocycles. The Labute approximate surface area is 168 Å². The van der Waals surface area contributed by atoms with Crippen LogP contribution in [0.15, 0.2) is 63.2 Å². The Morgan fingerprint density at radius 2 is 1.82 bits per heavy atom. The van der Waals surface area contributed by atoms with Gasteiger partial charge in [0.1, 0.15) is 0 Å². The molecule has 1 aromatic heterocycles. The highest BCUT2D eigenvalue weighted by molar-refractivity contribution is 7.98. The van der Waals surface area contributed by atoms with E-state index in [4.69, 9.17) is 5.73 Å². The summed E-state index contributed by atoms with van der Waals surface area (Å²) >= 11 is 1.61. The van der Waals surface area contributed by atoms with Crippen LogP contribution in [0, 0.1) is 20.8 Å². The number of nitrogens with zero attached hydrogens (tertiary/aromatic N) is 2. The van der Waals surface area contributed by atoms with E-state index in [1.165, 1.54) is 17.2 Å². The minimum absolute atomic E-state index is 0.165. The molecule has 2 aromatic carbocycles. The number of rotatable bonds is 5. The van der Waals surface area contributed by atoms with Crippen molar-refractivity contribution in [3.05, 3.63) is 81.3 Å². The quantitative estimate of drug-likeness (QED) is 0.345. The highest BCUT2D eigenvalue weighted by Gasteiger charge is 2.05. The van der Waals surface area contributed by atoms with Crippen LogP contribution in [0.4, 0.5) is 11.6 Å². The third kappa shape index (κ3) is 5.47. The zero-order valence-electron chi connectivity index (χ0n) is 16.1. The second kappa shape index (κ2) is 8.75. The fraction of sp³-hybridized carbons (Fsp3) is 0.190. The number of guanidine groups is 1. The Hall–Kier alpha value is -3.06. The summed E-state index contributed by atoms with van der Waals surface area (Å²) in [6, 6.07) is 15.7. The smallest absolute Gasteiger partial charge is 0.252 e. The lowest BCUT2D eigenvalue weighted by molar-refractivity contribution is 1.04. The fourth-order valence-corrected chi connectivity index (χ4v) is 3.44. The minimum atomic E-state index is -0.257. The number of thioether (sulfide) groups is 1. The van der Waals surface area contributed by atoms with Gasteiger partial charge in [-0.15, -0.1) is 11.8 Å². The molecule has 144 valence electrons. The number of hydrogen-bond donors (Lipinski definition) is 3. The van der Waals surface area contributed by atoms with E-state index in [2.05, 4.69) is 50.6 Å². The van der Waals surface area contributed by atoms with Crippen molar-refractivity contribution in [3.63, 3.8) is 0 Å². The number of hydrogen-bond acceptors (Lipinski definition) is 4. The molecule has 0 aliphatic rings. The Bertz CT molecular complexity index is 1060. The van der Waals surface area contributed by atoms with Gasteiger partial charge in [0, 0.05) is 22.4 Å². The largest absolute Gasteiger partial charge is 0.369 e. The molecule has 6 nitrogen and oxygen atoms in total. The van der Waals surface area contributed by atoms with Crippen molar-refractivity contribution in [2.24, 2.45) is 10.7 Å².